The van der Waals surface area contributed by atoms with E-state index in [0.717, 1.165) is 16.8 Å². The molecule has 2 aromatic rings. The van der Waals surface area contributed by atoms with Gasteiger partial charge in [-0.05, 0) is 44.9 Å². The molecule has 0 aromatic heterocycles. The molecular weight excluding hydrogens is 498 g/mol. The van der Waals surface area contributed by atoms with Crippen LogP contribution in [0.3, 0.4) is 0 Å². The van der Waals surface area contributed by atoms with Gasteiger partial charge in [-0.3, -0.25) is 4.79 Å². The van der Waals surface area contributed by atoms with Gasteiger partial charge in [0.2, 0.25) is 0 Å². The van der Waals surface area contributed by atoms with Crippen molar-refractivity contribution in [2.45, 2.75) is 57.1 Å². The van der Waals surface area contributed by atoms with Gasteiger partial charge in [-0.1, -0.05) is 60.3 Å². The first-order valence-electron chi connectivity index (χ1n) is 11.8. The lowest BCUT2D eigenvalue weighted by atomic mass is 10.1. The normalized spacial score (nSPS) is 22.8. The Bertz CT molecular complexity index is 1270. The van der Waals surface area contributed by atoms with Crippen molar-refractivity contribution in [1.82, 2.24) is 5.32 Å². The molecule has 2 aliphatic rings. The summed E-state index contributed by atoms with van der Waals surface area (Å²) in [6, 6.07) is 15.8. The van der Waals surface area contributed by atoms with E-state index in [1.54, 1.807) is 20.8 Å². The molecule has 2 heterocycles. The number of thioether (sulfide) groups is 1. The Morgan fingerprint density at radius 1 is 1.11 bits per heavy atom. The van der Waals surface area contributed by atoms with Crippen LogP contribution in [0.2, 0.25) is 0 Å². The van der Waals surface area contributed by atoms with Gasteiger partial charge in [0.05, 0.1) is 17.5 Å². The number of hydrogen-bond donors (Lipinski definition) is 1. The Hall–Kier alpha value is -2.85. The zero-order valence-corrected chi connectivity index (χ0v) is 22.4. The number of nitrogens with one attached hydrogen (secondary N) is 1. The first kappa shape index (κ1) is 26.2. The Morgan fingerprint density at radius 2 is 1.78 bits per heavy atom. The molecule has 2 aliphatic heterocycles. The number of nitrogens with zero attached hydrogens (tertiary/aromatic N) is 2. The number of anilines is 1. The van der Waals surface area contributed by atoms with Crippen LogP contribution in [0.4, 0.5) is 10.5 Å². The number of amides is 2. The number of fused-ring (bicyclic) bond motifs is 1. The van der Waals surface area contributed by atoms with Crippen LogP contribution in [0.1, 0.15) is 31.9 Å². The number of carbonyl (C=O) groups is 2. The number of rotatable bonds is 5. The number of ether oxygens (including phenoxy) is 1. The molecule has 4 rings (SSSR count). The van der Waals surface area contributed by atoms with E-state index in [0.29, 0.717) is 5.17 Å². The smallest absolute Gasteiger partial charge is 0.408 e. The van der Waals surface area contributed by atoms with Crippen molar-refractivity contribution in [3.05, 3.63) is 65.7 Å². The van der Waals surface area contributed by atoms with Gasteiger partial charge in [0.15, 0.2) is 15.0 Å². The van der Waals surface area contributed by atoms with Crippen molar-refractivity contribution in [2.75, 3.05) is 16.4 Å². The lowest BCUT2D eigenvalue weighted by Crippen LogP contribution is -2.45. The molecule has 1 N–H and O–H groups in total. The third kappa shape index (κ3) is 6.28. The number of benzene rings is 2. The van der Waals surface area contributed by atoms with Crippen LogP contribution < -0.4 is 10.2 Å². The van der Waals surface area contributed by atoms with Crippen molar-refractivity contribution in [2.24, 2.45) is 4.99 Å². The molecular formula is C26H31N3O5S2. The third-order valence-electron chi connectivity index (χ3n) is 5.92. The summed E-state index contributed by atoms with van der Waals surface area (Å²) in [5.74, 6) is -0.467. The summed E-state index contributed by atoms with van der Waals surface area (Å²) in [6.45, 7) is 7.20. The predicted octanol–water partition coefficient (Wildman–Crippen LogP) is 3.73. The van der Waals surface area contributed by atoms with Crippen LogP contribution in [0, 0.1) is 6.92 Å². The lowest BCUT2D eigenvalue weighted by Gasteiger charge is -2.26. The number of carbonyl (C=O) groups excluding carboxylic acids is 2. The molecule has 192 valence electrons. The summed E-state index contributed by atoms with van der Waals surface area (Å²) >= 11 is 1.31. The fraction of sp³-hybridized carbons (Fsp3) is 0.423. The minimum Gasteiger partial charge on any atom is -0.444 e. The van der Waals surface area contributed by atoms with Crippen LogP contribution >= 0.6 is 11.8 Å². The average molecular weight is 530 g/mol. The fourth-order valence-electron chi connectivity index (χ4n) is 4.35. The van der Waals surface area contributed by atoms with Crippen LogP contribution in [0.15, 0.2) is 59.6 Å². The summed E-state index contributed by atoms with van der Waals surface area (Å²) in [5, 5.41) is 2.92. The molecule has 3 unspecified atom stereocenters. The zero-order valence-electron chi connectivity index (χ0n) is 20.8. The van der Waals surface area contributed by atoms with E-state index in [1.165, 1.54) is 11.8 Å². The van der Waals surface area contributed by atoms with E-state index in [-0.39, 0.29) is 29.2 Å². The van der Waals surface area contributed by atoms with Gasteiger partial charge in [-0.25, -0.2) is 13.2 Å². The molecule has 0 radical (unpaired) electrons. The van der Waals surface area contributed by atoms with Gasteiger partial charge in [-0.15, -0.1) is 0 Å². The highest BCUT2D eigenvalue weighted by atomic mass is 32.2. The van der Waals surface area contributed by atoms with E-state index >= 15 is 0 Å². The molecule has 0 spiro atoms. The van der Waals surface area contributed by atoms with Crippen LogP contribution in [-0.4, -0.2) is 60.0 Å². The molecule has 10 heteroatoms. The number of aliphatic imine (C=N–C) groups is 1. The van der Waals surface area contributed by atoms with Crippen LogP contribution in [-0.2, 0) is 25.8 Å². The predicted molar refractivity (Wildman–Crippen MR) is 143 cm³/mol. The van der Waals surface area contributed by atoms with E-state index in [9.17, 15) is 18.0 Å². The Balaban J connectivity index is 1.66. The van der Waals surface area contributed by atoms with Crippen molar-refractivity contribution >= 4 is 44.5 Å². The largest absolute Gasteiger partial charge is 0.444 e. The molecule has 8 nitrogen and oxygen atoms in total. The van der Waals surface area contributed by atoms with Gasteiger partial charge in [-0.2, -0.15) is 4.99 Å². The van der Waals surface area contributed by atoms with E-state index in [4.69, 9.17) is 4.74 Å². The number of aryl methyl sites for hydroxylation is 1. The van der Waals surface area contributed by atoms with Crippen LogP contribution in [0.5, 0.6) is 0 Å². The molecule has 36 heavy (non-hydrogen) atoms. The lowest BCUT2D eigenvalue weighted by molar-refractivity contribution is -0.119. The maximum atomic E-state index is 13.5. The average Bonchev–Trinajstić information content (AvgIpc) is 3.24. The molecule has 2 amide bonds. The first-order chi connectivity index (χ1) is 16.9. The molecule has 2 aromatic carbocycles. The van der Waals surface area contributed by atoms with Gasteiger partial charge in [0.1, 0.15) is 11.6 Å². The van der Waals surface area contributed by atoms with Gasteiger partial charge >= 0.3 is 6.09 Å². The van der Waals surface area contributed by atoms with Crippen molar-refractivity contribution in [3.63, 3.8) is 0 Å². The highest BCUT2D eigenvalue weighted by molar-refractivity contribution is 8.16. The SMILES string of the molecule is Cc1ccccc1N1C(=NC(=O)C(Cc2ccccc2)NC(=O)OC(C)(C)C)SC2CS(=O)(=O)CC21. The summed E-state index contributed by atoms with van der Waals surface area (Å²) in [6.07, 6.45) is -0.457. The standard InChI is InChI=1S/C26H31N3O5S2/c1-17-10-8-9-13-20(17)29-21-15-36(32,33)16-22(21)35-24(29)28-23(30)19(14-18-11-6-5-7-12-18)27-25(31)34-26(2,3)4/h5-13,19,21-22H,14-16H2,1-4H3,(H,27,31). The Morgan fingerprint density at radius 3 is 2.44 bits per heavy atom. The van der Waals surface area contributed by atoms with Crippen molar-refractivity contribution in [1.29, 1.82) is 0 Å². The number of amidine groups is 1. The highest BCUT2D eigenvalue weighted by Crippen LogP contribution is 2.41. The maximum Gasteiger partial charge on any atom is 0.408 e. The topological polar surface area (TPSA) is 105 Å². The quantitative estimate of drug-likeness (QED) is 0.629. The van der Waals surface area contributed by atoms with E-state index in [1.807, 2.05) is 66.4 Å². The summed E-state index contributed by atoms with van der Waals surface area (Å²) < 4.78 is 30.1. The monoisotopic (exact) mass is 529 g/mol. The first-order valence-corrected chi connectivity index (χ1v) is 14.5. The summed E-state index contributed by atoms with van der Waals surface area (Å²) in [7, 11) is -3.18. The minimum absolute atomic E-state index is 0.00974. The number of hydrogen-bond acceptors (Lipinski definition) is 6. The van der Waals surface area contributed by atoms with Gasteiger partial charge < -0.3 is 15.0 Å². The van der Waals surface area contributed by atoms with Gasteiger partial charge in [0, 0.05) is 17.4 Å². The minimum atomic E-state index is -3.18. The number of sulfone groups is 1. The maximum absolute atomic E-state index is 13.5. The second kappa shape index (κ2) is 10.3. The Labute approximate surface area is 216 Å². The molecule has 0 bridgehead atoms. The van der Waals surface area contributed by atoms with E-state index < -0.39 is 33.5 Å². The Kier molecular flexibility index (Phi) is 7.47. The zero-order chi connectivity index (χ0) is 26.1. The number of alkyl carbamates (subject to hydrolysis) is 1. The summed E-state index contributed by atoms with van der Waals surface area (Å²) in [4.78, 5) is 32.4. The third-order valence-corrected chi connectivity index (χ3v) is 9.13. The molecule has 3 atom stereocenters. The van der Waals surface area contributed by atoms with Crippen LogP contribution in [0.25, 0.3) is 0 Å². The molecule has 0 aliphatic carbocycles. The van der Waals surface area contributed by atoms with Crippen molar-refractivity contribution in [3.8, 4) is 0 Å². The second-order valence-corrected chi connectivity index (χ2v) is 13.4. The molecule has 2 fully saturated rings. The fourth-order valence-corrected chi connectivity index (χ4v) is 8.26. The second-order valence-electron chi connectivity index (χ2n) is 10.1. The highest BCUT2D eigenvalue weighted by Gasteiger charge is 2.49. The molecule has 2 saturated heterocycles. The summed E-state index contributed by atoms with van der Waals surface area (Å²) in [5.41, 5.74) is 1.92. The molecule has 0 saturated carbocycles. The number of para-hydroxylation sites is 1. The van der Waals surface area contributed by atoms with Crippen molar-refractivity contribution < 1.29 is 22.7 Å². The van der Waals surface area contributed by atoms with E-state index in [2.05, 4.69) is 10.3 Å². The van der Waals surface area contributed by atoms with Gasteiger partial charge in [0.25, 0.3) is 5.91 Å².